The molecule has 1 aliphatic carbocycles. The fourth-order valence-corrected chi connectivity index (χ4v) is 1.99. The highest BCUT2D eigenvalue weighted by atomic mass is 19.4. The molecule has 102 valence electrons. The molecule has 1 aromatic rings. The number of rotatable bonds is 3. The zero-order valence-corrected chi connectivity index (χ0v) is 10.2. The topological polar surface area (TPSA) is 42.2 Å². The van der Waals surface area contributed by atoms with Crippen LogP contribution in [0.4, 0.5) is 13.2 Å². The number of nitriles is 1. The van der Waals surface area contributed by atoms with Crippen LogP contribution in [0.3, 0.4) is 0 Å². The molecule has 0 unspecified atom stereocenters. The van der Waals surface area contributed by atoms with Gasteiger partial charge in [0.15, 0.2) is 5.75 Å². The summed E-state index contributed by atoms with van der Waals surface area (Å²) < 4.78 is 46.0. The predicted octanol–water partition coefficient (Wildman–Crippen LogP) is 3.63. The summed E-state index contributed by atoms with van der Waals surface area (Å²) in [4.78, 5) is 0. The van der Waals surface area contributed by atoms with E-state index in [4.69, 9.17) is 10.00 Å². The van der Waals surface area contributed by atoms with E-state index in [1.165, 1.54) is 12.1 Å². The molecular formula is C13H12F3NO2. The lowest BCUT2D eigenvalue weighted by Gasteiger charge is -2.32. The Morgan fingerprint density at radius 3 is 2.53 bits per heavy atom. The molecule has 0 spiro atoms. The van der Waals surface area contributed by atoms with Gasteiger partial charge >= 0.3 is 6.36 Å². The van der Waals surface area contributed by atoms with Gasteiger partial charge in [-0.25, -0.2) is 0 Å². The molecule has 6 heteroatoms. The first-order valence-electron chi connectivity index (χ1n) is 5.84. The monoisotopic (exact) mass is 271 g/mol. The molecule has 0 heterocycles. The first-order chi connectivity index (χ1) is 8.87. The number of hydrogen-bond acceptors (Lipinski definition) is 3. The van der Waals surface area contributed by atoms with E-state index >= 15 is 0 Å². The molecule has 0 saturated heterocycles. The average Bonchev–Trinajstić information content (AvgIpc) is 2.25. The second-order valence-corrected chi connectivity index (χ2v) is 4.63. The summed E-state index contributed by atoms with van der Waals surface area (Å²) in [6.07, 6.45) is -3.03. The van der Waals surface area contributed by atoms with E-state index in [1.807, 2.05) is 0 Å². The van der Waals surface area contributed by atoms with Crippen molar-refractivity contribution in [3.63, 3.8) is 0 Å². The smallest absolute Gasteiger partial charge is 0.490 e. The molecule has 0 atom stereocenters. The lowest BCUT2D eigenvalue weighted by atomic mass is 9.84. The van der Waals surface area contributed by atoms with Gasteiger partial charge in [0, 0.05) is 6.07 Å². The van der Waals surface area contributed by atoms with Gasteiger partial charge in [-0.05, 0) is 30.9 Å². The summed E-state index contributed by atoms with van der Waals surface area (Å²) in [7, 11) is 0. The molecule has 0 aliphatic heterocycles. The zero-order valence-electron chi connectivity index (χ0n) is 10.2. The Hall–Kier alpha value is -1.90. The van der Waals surface area contributed by atoms with Crippen LogP contribution >= 0.6 is 0 Å². The lowest BCUT2D eigenvalue weighted by molar-refractivity contribution is -0.274. The highest BCUT2D eigenvalue weighted by molar-refractivity contribution is 5.47. The van der Waals surface area contributed by atoms with Gasteiger partial charge in [-0.2, -0.15) is 5.26 Å². The van der Waals surface area contributed by atoms with Crippen molar-refractivity contribution in [1.82, 2.24) is 0 Å². The van der Waals surface area contributed by atoms with Gasteiger partial charge in [-0.3, -0.25) is 0 Å². The second-order valence-electron chi connectivity index (χ2n) is 4.63. The highest BCUT2D eigenvalue weighted by Gasteiger charge is 2.33. The van der Waals surface area contributed by atoms with E-state index in [0.717, 1.165) is 18.9 Å². The maximum Gasteiger partial charge on any atom is 0.573 e. The van der Waals surface area contributed by atoms with Crippen LogP contribution in [-0.2, 0) is 0 Å². The number of benzene rings is 1. The van der Waals surface area contributed by atoms with Gasteiger partial charge in [0.2, 0.25) is 0 Å². The van der Waals surface area contributed by atoms with Gasteiger partial charge in [0.05, 0.1) is 11.7 Å². The largest absolute Gasteiger partial charge is 0.573 e. The van der Waals surface area contributed by atoms with E-state index in [0.29, 0.717) is 5.92 Å². The van der Waals surface area contributed by atoms with Crippen molar-refractivity contribution < 1.29 is 22.6 Å². The minimum atomic E-state index is -4.82. The minimum Gasteiger partial charge on any atom is -0.490 e. The van der Waals surface area contributed by atoms with E-state index in [2.05, 4.69) is 11.7 Å². The van der Waals surface area contributed by atoms with E-state index in [-0.39, 0.29) is 17.4 Å². The highest BCUT2D eigenvalue weighted by Crippen LogP contribution is 2.34. The Balaban J connectivity index is 2.14. The van der Waals surface area contributed by atoms with E-state index in [9.17, 15) is 13.2 Å². The number of hydrogen-bond donors (Lipinski definition) is 0. The molecule has 1 aromatic carbocycles. The zero-order chi connectivity index (χ0) is 14.0. The molecule has 0 bridgehead atoms. The van der Waals surface area contributed by atoms with Crippen molar-refractivity contribution in [3.05, 3.63) is 23.8 Å². The van der Waals surface area contributed by atoms with Gasteiger partial charge in [0.1, 0.15) is 11.8 Å². The van der Waals surface area contributed by atoms with Crippen molar-refractivity contribution in [2.24, 2.45) is 5.92 Å². The molecule has 0 radical (unpaired) electrons. The summed E-state index contributed by atoms with van der Waals surface area (Å²) in [5.74, 6) is 0.337. The van der Waals surface area contributed by atoms with E-state index < -0.39 is 12.1 Å². The fourth-order valence-electron chi connectivity index (χ4n) is 1.99. The van der Waals surface area contributed by atoms with Crippen LogP contribution in [0.2, 0.25) is 0 Å². The van der Waals surface area contributed by atoms with Crippen molar-refractivity contribution in [3.8, 4) is 17.6 Å². The third-order valence-electron chi connectivity index (χ3n) is 2.93. The molecule has 19 heavy (non-hydrogen) atoms. The van der Waals surface area contributed by atoms with Crippen molar-refractivity contribution in [1.29, 1.82) is 5.26 Å². The summed E-state index contributed by atoms with van der Waals surface area (Å²) in [5.41, 5.74) is -0.174. The molecule has 1 fully saturated rings. The first kappa shape index (κ1) is 13.5. The quantitative estimate of drug-likeness (QED) is 0.843. The molecule has 1 aliphatic rings. The Kier molecular flexibility index (Phi) is 3.56. The van der Waals surface area contributed by atoms with Gasteiger partial charge in [-0.1, -0.05) is 6.92 Å². The third kappa shape index (κ3) is 3.53. The molecular weight excluding hydrogens is 259 g/mol. The number of nitrogens with zero attached hydrogens (tertiary/aromatic N) is 1. The lowest BCUT2D eigenvalue weighted by Crippen LogP contribution is -2.31. The van der Waals surface area contributed by atoms with Crippen LogP contribution in [0.15, 0.2) is 18.2 Å². The van der Waals surface area contributed by atoms with Crippen LogP contribution in [0.25, 0.3) is 0 Å². The molecule has 0 aromatic heterocycles. The molecule has 2 rings (SSSR count). The molecule has 0 amide bonds. The molecule has 0 N–H and O–H groups in total. The summed E-state index contributed by atoms with van der Waals surface area (Å²) in [6, 6.07) is 5.50. The summed E-state index contributed by atoms with van der Waals surface area (Å²) in [6.45, 7) is 2.08. The van der Waals surface area contributed by atoms with Gasteiger partial charge < -0.3 is 9.47 Å². The number of halogens is 3. The Bertz CT molecular complexity index is 502. The first-order valence-corrected chi connectivity index (χ1v) is 5.84. The maximum atomic E-state index is 12.2. The van der Waals surface area contributed by atoms with Crippen molar-refractivity contribution >= 4 is 0 Å². The second kappa shape index (κ2) is 5.00. The predicted molar refractivity (Wildman–Crippen MR) is 60.7 cm³/mol. The van der Waals surface area contributed by atoms with Crippen LogP contribution < -0.4 is 9.47 Å². The normalized spacial score (nSPS) is 22.3. The standard InChI is InChI=1S/C13H12F3NO2/c1-8-4-11(5-8)18-10-3-2-9(7-17)12(6-10)19-13(14,15)16/h2-3,6,8,11H,4-5H2,1H3. The van der Waals surface area contributed by atoms with Crippen LogP contribution in [0.1, 0.15) is 25.3 Å². The molecule has 3 nitrogen and oxygen atoms in total. The SMILES string of the molecule is CC1CC(Oc2ccc(C#N)c(OC(F)(F)F)c2)C1. The van der Waals surface area contributed by atoms with Crippen LogP contribution in [-0.4, -0.2) is 12.5 Å². The van der Waals surface area contributed by atoms with Crippen molar-refractivity contribution in [2.45, 2.75) is 32.2 Å². The van der Waals surface area contributed by atoms with E-state index in [1.54, 1.807) is 6.07 Å². The summed E-state index contributed by atoms with van der Waals surface area (Å²) >= 11 is 0. The Labute approximate surface area is 108 Å². The Morgan fingerprint density at radius 2 is 2.00 bits per heavy atom. The fraction of sp³-hybridized carbons (Fsp3) is 0.462. The van der Waals surface area contributed by atoms with Crippen LogP contribution in [0, 0.1) is 17.2 Å². The third-order valence-corrected chi connectivity index (χ3v) is 2.93. The minimum absolute atomic E-state index is 0.0293. The average molecular weight is 271 g/mol. The van der Waals surface area contributed by atoms with Crippen LogP contribution in [0.5, 0.6) is 11.5 Å². The van der Waals surface area contributed by atoms with Crippen molar-refractivity contribution in [2.75, 3.05) is 0 Å². The number of alkyl halides is 3. The maximum absolute atomic E-state index is 12.2. The number of ether oxygens (including phenoxy) is 2. The van der Waals surface area contributed by atoms with Gasteiger partial charge in [0.25, 0.3) is 0 Å². The summed E-state index contributed by atoms with van der Waals surface area (Å²) in [5, 5.41) is 8.74. The molecule has 1 saturated carbocycles. The Morgan fingerprint density at radius 1 is 1.32 bits per heavy atom. The van der Waals surface area contributed by atoms with Gasteiger partial charge in [-0.15, -0.1) is 13.2 Å².